The molecule has 0 amide bonds. The molecular weight excluding hydrogens is 467 g/mol. The van der Waals surface area contributed by atoms with Gasteiger partial charge in [0.1, 0.15) is 0 Å². The highest BCUT2D eigenvalue weighted by Gasteiger charge is 2.57. The summed E-state index contributed by atoms with van der Waals surface area (Å²) in [6.45, 7) is 12.1. The van der Waals surface area contributed by atoms with Crippen molar-refractivity contribution >= 4 is 29.9 Å². The van der Waals surface area contributed by atoms with Gasteiger partial charge in [0.25, 0.3) is 0 Å². The number of guanidine groups is 1. The second-order valence-corrected chi connectivity index (χ2v) is 8.65. The van der Waals surface area contributed by atoms with E-state index in [9.17, 15) is 0 Å². The first-order valence-corrected chi connectivity index (χ1v) is 11.3. The molecule has 3 unspecified atom stereocenters. The number of nitrogens with zero attached hydrogens (tertiary/aromatic N) is 3. The summed E-state index contributed by atoms with van der Waals surface area (Å²) in [4.78, 5) is 9.99. The lowest BCUT2D eigenvalue weighted by atomic mass is 9.60. The molecule has 0 bridgehead atoms. The van der Waals surface area contributed by atoms with Crippen LogP contribution in [0.2, 0.25) is 0 Å². The van der Waals surface area contributed by atoms with Gasteiger partial charge < -0.3 is 19.7 Å². The van der Waals surface area contributed by atoms with Crippen LogP contribution in [0.5, 0.6) is 0 Å². The van der Waals surface area contributed by atoms with E-state index in [1.807, 2.05) is 0 Å². The van der Waals surface area contributed by atoms with Gasteiger partial charge in [-0.25, -0.2) is 0 Å². The van der Waals surface area contributed by atoms with Crippen molar-refractivity contribution in [3.8, 4) is 0 Å². The van der Waals surface area contributed by atoms with E-state index in [1.165, 1.54) is 32.1 Å². The fourth-order valence-corrected chi connectivity index (χ4v) is 5.81. The Balaban J connectivity index is 0.00000225. The minimum Gasteiger partial charge on any atom is -0.379 e. The summed E-state index contributed by atoms with van der Waals surface area (Å²) >= 11 is 0. The van der Waals surface area contributed by atoms with E-state index in [4.69, 9.17) is 14.5 Å². The molecule has 162 valence electrons. The number of aliphatic imine (C=N–C) groups is 1. The van der Waals surface area contributed by atoms with Crippen LogP contribution in [0.25, 0.3) is 0 Å². The van der Waals surface area contributed by atoms with Gasteiger partial charge in [0, 0.05) is 56.8 Å². The molecule has 4 fully saturated rings. The Morgan fingerprint density at radius 3 is 2.61 bits per heavy atom. The second kappa shape index (κ2) is 10.3. The molecule has 2 heterocycles. The van der Waals surface area contributed by atoms with E-state index in [0.29, 0.717) is 23.6 Å². The number of ether oxygens (including phenoxy) is 2. The van der Waals surface area contributed by atoms with Crippen LogP contribution in [-0.2, 0) is 9.47 Å². The zero-order chi connectivity index (χ0) is 18.7. The predicted octanol–water partition coefficient (Wildman–Crippen LogP) is 2.71. The zero-order valence-corrected chi connectivity index (χ0v) is 20.0. The highest BCUT2D eigenvalue weighted by atomic mass is 127. The minimum atomic E-state index is 0. The largest absolute Gasteiger partial charge is 0.379 e. The van der Waals surface area contributed by atoms with Crippen LogP contribution in [0.4, 0.5) is 0 Å². The Morgan fingerprint density at radius 1 is 1.18 bits per heavy atom. The van der Waals surface area contributed by atoms with Crippen LogP contribution >= 0.6 is 24.0 Å². The smallest absolute Gasteiger partial charge is 0.194 e. The zero-order valence-electron chi connectivity index (χ0n) is 17.7. The summed E-state index contributed by atoms with van der Waals surface area (Å²) in [6, 6.07) is 1.18. The maximum Gasteiger partial charge on any atom is 0.194 e. The van der Waals surface area contributed by atoms with Crippen LogP contribution in [0.3, 0.4) is 0 Å². The molecule has 0 radical (unpaired) electrons. The first-order valence-electron chi connectivity index (χ1n) is 11.3. The molecule has 2 aliphatic heterocycles. The molecule has 4 aliphatic rings. The third-order valence-corrected chi connectivity index (χ3v) is 7.32. The standard InChI is InChI=1S/C21H38N4O2.HI/c1-3-22-20(25-10-7-17(16-25)24-11-13-26-14-12-24)23-18-15-19(27-4-2)21(18)8-5-6-9-21;/h17-19H,3-16H2,1-2H3,(H,22,23);1H. The third kappa shape index (κ3) is 4.47. The Kier molecular flexibility index (Phi) is 8.27. The lowest BCUT2D eigenvalue weighted by Crippen LogP contribution is -2.65. The summed E-state index contributed by atoms with van der Waals surface area (Å²) in [6.07, 6.45) is 8.15. The van der Waals surface area contributed by atoms with E-state index in [0.717, 1.165) is 64.9 Å². The number of nitrogens with one attached hydrogen (secondary N) is 1. The summed E-state index contributed by atoms with van der Waals surface area (Å²) < 4.78 is 11.6. The first kappa shape index (κ1) is 22.6. The summed E-state index contributed by atoms with van der Waals surface area (Å²) in [7, 11) is 0. The average Bonchev–Trinajstić information content (AvgIpc) is 3.38. The normalized spacial score (nSPS) is 33.0. The van der Waals surface area contributed by atoms with E-state index in [-0.39, 0.29) is 24.0 Å². The summed E-state index contributed by atoms with van der Waals surface area (Å²) in [5, 5.41) is 3.89. The van der Waals surface area contributed by atoms with Gasteiger partial charge in [-0.15, -0.1) is 24.0 Å². The Labute approximate surface area is 187 Å². The van der Waals surface area contributed by atoms with Crippen LogP contribution in [0, 0.1) is 5.41 Å². The molecule has 28 heavy (non-hydrogen) atoms. The SMILES string of the molecule is CCN=C(NC1CC(OCC)C12CCCC2)N1CCC(N2CCOCC2)C1.I. The number of halogens is 1. The molecule has 0 aromatic heterocycles. The topological polar surface area (TPSA) is 49.3 Å². The molecule has 4 rings (SSSR count). The summed E-state index contributed by atoms with van der Waals surface area (Å²) in [5.41, 5.74) is 0.355. The number of hydrogen-bond acceptors (Lipinski definition) is 4. The number of morpholine rings is 1. The van der Waals surface area contributed by atoms with Gasteiger partial charge >= 0.3 is 0 Å². The molecule has 2 saturated heterocycles. The van der Waals surface area contributed by atoms with Gasteiger partial charge in [-0.05, 0) is 39.5 Å². The molecule has 3 atom stereocenters. The van der Waals surface area contributed by atoms with Crippen molar-refractivity contribution in [3.63, 3.8) is 0 Å². The second-order valence-electron chi connectivity index (χ2n) is 8.65. The highest BCUT2D eigenvalue weighted by Crippen LogP contribution is 2.54. The van der Waals surface area contributed by atoms with Crippen LogP contribution < -0.4 is 5.32 Å². The maximum atomic E-state index is 6.10. The molecule has 7 heteroatoms. The van der Waals surface area contributed by atoms with Crippen LogP contribution in [-0.4, -0.2) is 86.5 Å². The predicted molar refractivity (Wildman–Crippen MR) is 124 cm³/mol. The van der Waals surface area contributed by atoms with Gasteiger partial charge in [-0.2, -0.15) is 0 Å². The summed E-state index contributed by atoms with van der Waals surface area (Å²) in [5.74, 6) is 1.14. The Morgan fingerprint density at radius 2 is 1.93 bits per heavy atom. The Hall–Kier alpha value is -0.120. The first-order chi connectivity index (χ1) is 13.3. The quantitative estimate of drug-likeness (QED) is 0.353. The van der Waals surface area contributed by atoms with Crippen molar-refractivity contribution in [1.29, 1.82) is 0 Å². The third-order valence-electron chi connectivity index (χ3n) is 7.32. The van der Waals surface area contributed by atoms with E-state index >= 15 is 0 Å². The van der Waals surface area contributed by atoms with Gasteiger partial charge in [0.05, 0.1) is 19.3 Å². The molecule has 2 saturated carbocycles. The lowest BCUT2D eigenvalue weighted by Gasteiger charge is -2.54. The van der Waals surface area contributed by atoms with Crippen molar-refractivity contribution in [1.82, 2.24) is 15.1 Å². The van der Waals surface area contributed by atoms with Gasteiger partial charge in [-0.3, -0.25) is 9.89 Å². The average molecular weight is 506 g/mol. The van der Waals surface area contributed by atoms with Crippen molar-refractivity contribution in [2.24, 2.45) is 10.4 Å². The van der Waals surface area contributed by atoms with Crippen LogP contribution in [0.15, 0.2) is 4.99 Å². The maximum absolute atomic E-state index is 6.10. The van der Waals surface area contributed by atoms with Crippen molar-refractivity contribution < 1.29 is 9.47 Å². The molecule has 2 aliphatic carbocycles. The molecular formula is C21H39IN4O2. The van der Waals surface area contributed by atoms with Crippen molar-refractivity contribution in [2.75, 3.05) is 52.5 Å². The van der Waals surface area contributed by atoms with E-state index in [1.54, 1.807) is 0 Å². The van der Waals surface area contributed by atoms with Crippen molar-refractivity contribution in [3.05, 3.63) is 0 Å². The minimum absolute atomic E-state index is 0. The number of hydrogen-bond donors (Lipinski definition) is 1. The van der Waals surface area contributed by atoms with Gasteiger partial charge in [0.2, 0.25) is 0 Å². The van der Waals surface area contributed by atoms with Crippen molar-refractivity contribution in [2.45, 2.75) is 70.6 Å². The molecule has 0 aromatic carbocycles. The number of likely N-dealkylation sites (tertiary alicyclic amines) is 1. The number of rotatable bonds is 5. The monoisotopic (exact) mass is 506 g/mol. The highest BCUT2D eigenvalue weighted by molar-refractivity contribution is 14.0. The van der Waals surface area contributed by atoms with Crippen LogP contribution in [0.1, 0.15) is 52.4 Å². The fraction of sp³-hybridized carbons (Fsp3) is 0.952. The van der Waals surface area contributed by atoms with Gasteiger partial charge in [-0.1, -0.05) is 12.8 Å². The lowest BCUT2D eigenvalue weighted by molar-refractivity contribution is -0.126. The van der Waals surface area contributed by atoms with Gasteiger partial charge in [0.15, 0.2) is 5.96 Å². The molecule has 1 N–H and O–H groups in total. The van der Waals surface area contributed by atoms with E-state index < -0.39 is 0 Å². The molecule has 1 spiro atoms. The van der Waals surface area contributed by atoms with E-state index in [2.05, 4.69) is 29.0 Å². The Bertz CT molecular complexity index is 521. The fourth-order valence-electron chi connectivity index (χ4n) is 5.81. The molecule has 6 nitrogen and oxygen atoms in total. The molecule has 0 aromatic rings.